The van der Waals surface area contributed by atoms with E-state index in [-0.39, 0.29) is 91.4 Å². The van der Waals surface area contributed by atoms with Crippen molar-refractivity contribution in [3.05, 3.63) is 144 Å². The first-order chi connectivity index (χ1) is 42.5. The van der Waals surface area contributed by atoms with Gasteiger partial charge in [0.25, 0.3) is 0 Å². The fourth-order valence-electron chi connectivity index (χ4n) is 8.07. The normalized spacial score (nSPS) is 12.5. The molecule has 0 saturated carbocycles. The summed E-state index contributed by atoms with van der Waals surface area (Å²) in [6, 6.07) is 30.1. The zero-order chi connectivity index (χ0) is 64.9. The highest BCUT2D eigenvalue weighted by atomic mass is 16.6. The van der Waals surface area contributed by atoms with Crippen LogP contribution in [0.1, 0.15) is 122 Å². The second-order valence-corrected chi connectivity index (χ2v) is 22.5. The van der Waals surface area contributed by atoms with Crippen LogP contribution in [0.3, 0.4) is 0 Å². The first kappa shape index (κ1) is 72.6. The van der Waals surface area contributed by atoms with Crippen LogP contribution in [0.5, 0.6) is 0 Å². The topological polar surface area (TPSA) is 317 Å². The molecule has 0 radical (unpaired) electrons. The molecule has 4 rings (SSSR count). The molecule has 6 N–H and O–H groups in total. The molecule has 484 valence electrons. The van der Waals surface area contributed by atoms with Gasteiger partial charge in [-0.2, -0.15) is 0 Å². The molecule has 0 heterocycles. The van der Waals surface area contributed by atoms with E-state index < -0.39 is 115 Å². The third kappa shape index (κ3) is 33.1. The van der Waals surface area contributed by atoms with E-state index in [1.54, 1.807) is 151 Å². The molecule has 0 fully saturated rings. The molecular weight excluding hydrogens is 1150 g/mol. The fourth-order valence-corrected chi connectivity index (χ4v) is 8.07. The van der Waals surface area contributed by atoms with Crippen molar-refractivity contribution in [2.24, 2.45) is 0 Å². The molecule has 0 aromatic heterocycles. The lowest BCUT2D eigenvalue weighted by molar-refractivity contribution is -0.151. The highest BCUT2D eigenvalue weighted by molar-refractivity contribution is 5.92. The molecule has 0 saturated heterocycles. The minimum atomic E-state index is -1.52. The van der Waals surface area contributed by atoms with Gasteiger partial charge in [-0.1, -0.05) is 121 Å². The van der Waals surface area contributed by atoms with Crippen molar-refractivity contribution in [1.82, 2.24) is 31.9 Å². The van der Waals surface area contributed by atoms with Gasteiger partial charge in [0.05, 0.1) is 19.8 Å². The number of nitrogens with one attached hydrogen (secondary N) is 6. The van der Waals surface area contributed by atoms with Crippen molar-refractivity contribution in [1.29, 1.82) is 0 Å². The van der Waals surface area contributed by atoms with Crippen molar-refractivity contribution in [2.75, 3.05) is 39.5 Å². The quantitative estimate of drug-likeness (QED) is 0.0159. The maximum absolute atomic E-state index is 14.3. The standard InChI is InChI=1S/C65H86N6O18/c1-64(2,3)88-62(80)67-36-20-19-29-50(71-63(81)89-65(4,5)6)58(76)66-37-38-82-39-40-83-45-55(73)68-51(59(77)70-53(61(79)87-44-49-27-17-10-18-28-49)32-35-57(75)85-42-47-23-13-8-14-24-47)30-33-54(72)69-52(60(78)86-43-48-25-15-9-16-26-48)31-34-56(74)84-41-46-21-11-7-12-22-46/h7-18,21-28,50-53H,19-20,29-45H2,1-6H3,(H,66,76)(H,67,80)(H,68,73)(H,69,72)(H,70,77)(H,71,81). The molecule has 0 bridgehead atoms. The molecule has 24 nitrogen and oxygen atoms in total. The van der Waals surface area contributed by atoms with E-state index in [0.717, 1.165) is 11.1 Å². The number of benzene rings is 4. The van der Waals surface area contributed by atoms with Crippen molar-refractivity contribution in [3.8, 4) is 0 Å². The lowest BCUT2D eigenvalue weighted by Gasteiger charge is -2.23. The Morgan fingerprint density at radius 3 is 1.28 bits per heavy atom. The fraction of sp³-hybridized carbons (Fsp3) is 0.477. The molecule has 4 atom stereocenters. The third-order valence-electron chi connectivity index (χ3n) is 12.5. The predicted octanol–water partition coefficient (Wildman–Crippen LogP) is 6.49. The first-order valence-electron chi connectivity index (χ1n) is 29.6. The van der Waals surface area contributed by atoms with Gasteiger partial charge in [0.1, 0.15) is 68.4 Å². The van der Waals surface area contributed by atoms with Gasteiger partial charge in [-0.25, -0.2) is 19.2 Å². The Labute approximate surface area is 519 Å². The summed E-state index contributed by atoms with van der Waals surface area (Å²) in [7, 11) is 0. The number of unbranched alkanes of at least 4 members (excludes halogenated alkanes) is 1. The third-order valence-corrected chi connectivity index (χ3v) is 12.5. The van der Waals surface area contributed by atoms with E-state index in [9.17, 15) is 47.9 Å². The molecule has 0 spiro atoms. The monoisotopic (exact) mass is 1240 g/mol. The molecule has 0 aliphatic rings. The molecular formula is C65H86N6O18. The van der Waals surface area contributed by atoms with Crippen LogP contribution in [-0.2, 0) is 103 Å². The van der Waals surface area contributed by atoms with Gasteiger partial charge in [0, 0.05) is 32.4 Å². The van der Waals surface area contributed by atoms with Gasteiger partial charge < -0.3 is 69.8 Å². The van der Waals surface area contributed by atoms with Crippen LogP contribution in [0, 0.1) is 0 Å². The zero-order valence-corrected chi connectivity index (χ0v) is 51.6. The van der Waals surface area contributed by atoms with Crippen LogP contribution in [0.4, 0.5) is 9.59 Å². The second-order valence-electron chi connectivity index (χ2n) is 22.5. The summed E-state index contributed by atoms with van der Waals surface area (Å²) in [5.41, 5.74) is 1.29. The summed E-state index contributed by atoms with van der Waals surface area (Å²) in [5, 5.41) is 15.7. The molecule has 4 aromatic carbocycles. The maximum atomic E-state index is 14.3. The van der Waals surface area contributed by atoms with Gasteiger partial charge >= 0.3 is 36.1 Å². The average molecular weight is 1240 g/mol. The Kier molecular flexibility index (Phi) is 32.5. The lowest BCUT2D eigenvalue weighted by Crippen LogP contribution is -2.53. The van der Waals surface area contributed by atoms with Crippen LogP contribution < -0.4 is 31.9 Å². The molecule has 0 aliphatic heterocycles. The van der Waals surface area contributed by atoms with E-state index in [0.29, 0.717) is 24.0 Å². The zero-order valence-electron chi connectivity index (χ0n) is 51.6. The van der Waals surface area contributed by atoms with Gasteiger partial charge in [0.15, 0.2) is 0 Å². The Bertz CT molecular complexity index is 2830. The highest BCUT2D eigenvalue weighted by Crippen LogP contribution is 2.14. The summed E-state index contributed by atoms with van der Waals surface area (Å²) in [4.78, 5) is 133. The first-order valence-corrected chi connectivity index (χ1v) is 29.6. The average Bonchev–Trinajstić information content (AvgIpc) is 3.56. The largest absolute Gasteiger partial charge is 0.461 e. The van der Waals surface area contributed by atoms with Crippen molar-refractivity contribution >= 4 is 59.7 Å². The van der Waals surface area contributed by atoms with Crippen molar-refractivity contribution in [2.45, 2.75) is 161 Å². The number of hydrogen-bond donors (Lipinski definition) is 6. The van der Waals surface area contributed by atoms with Gasteiger partial charge in [-0.15, -0.1) is 0 Å². The molecule has 6 amide bonds. The van der Waals surface area contributed by atoms with Gasteiger partial charge in [0.2, 0.25) is 23.6 Å². The predicted molar refractivity (Wildman–Crippen MR) is 324 cm³/mol. The Balaban J connectivity index is 1.40. The number of alkyl carbamates (subject to hydrolysis) is 2. The second kappa shape index (κ2) is 39.8. The lowest BCUT2D eigenvalue weighted by atomic mass is 10.1. The van der Waals surface area contributed by atoms with E-state index in [1.807, 2.05) is 12.1 Å². The molecule has 89 heavy (non-hydrogen) atoms. The molecule has 24 heteroatoms. The van der Waals surface area contributed by atoms with Gasteiger partial charge in [-0.3, -0.25) is 28.8 Å². The smallest absolute Gasteiger partial charge is 0.408 e. The molecule has 4 aromatic rings. The van der Waals surface area contributed by atoms with E-state index in [1.165, 1.54) is 0 Å². The number of hydrogen-bond acceptors (Lipinski definition) is 18. The van der Waals surface area contributed by atoms with Crippen molar-refractivity contribution in [3.63, 3.8) is 0 Å². The van der Waals surface area contributed by atoms with Gasteiger partial charge in [-0.05, 0) is 102 Å². The molecule has 0 aliphatic carbocycles. The Morgan fingerprint density at radius 2 is 0.798 bits per heavy atom. The minimum Gasteiger partial charge on any atom is -0.461 e. The van der Waals surface area contributed by atoms with Crippen LogP contribution in [0.25, 0.3) is 0 Å². The molecule has 4 unspecified atom stereocenters. The summed E-state index contributed by atoms with van der Waals surface area (Å²) in [5.74, 6) is -6.07. The summed E-state index contributed by atoms with van der Waals surface area (Å²) in [6.07, 6.45) is -2.16. The van der Waals surface area contributed by atoms with E-state index >= 15 is 0 Å². The summed E-state index contributed by atoms with van der Waals surface area (Å²) < 4.78 is 43.7. The minimum absolute atomic E-state index is 0.00815. The van der Waals surface area contributed by atoms with Crippen LogP contribution in [0.15, 0.2) is 121 Å². The SMILES string of the molecule is CC(C)(C)OC(=O)NCCCCC(NC(=O)OC(C)(C)C)C(=O)NCCOCCOCC(=O)NC(CCC(=O)NC(CCC(=O)OCc1ccccc1)C(=O)OCc1ccccc1)C(=O)NC(CCC(=O)OCc1ccccc1)C(=O)OCc1ccccc1. The number of carbonyl (C=O) groups is 10. The van der Waals surface area contributed by atoms with E-state index in [4.69, 9.17) is 37.9 Å². The maximum Gasteiger partial charge on any atom is 0.408 e. The van der Waals surface area contributed by atoms with Crippen LogP contribution >= 0.6 is 0 Å². The van der Waals surface area contributed by atoms with Crippen molar-refractivity contribution < 1.29 is 85.8 Å². The Morgan fingerprint density at radius 1 is 0.382 bits per heavy atom. The highest BCUT2D eigenvalue weighted by Gasteiger charge is 2.31. The number of carbonyl (C=O) groups excluding carboxylic acids is 10. The summed E-state index contributed by atoms with van der Waals surface area (Å²) in [6.45, 7) is 9.49. The Hall–Kier alpha value is -8.90. The number of ether oxygens (including phenoxy) is 8. The van der Waals surface area contributed by atoms with E-state index in [2.05, 4.69) is 31.9 Å². The van der Waals surface area contributed by atoms with Crippen LogP contribution in [-0.4, -0.2) is 135 Å². The summed E-state index contributed by atoms with van der Waals surface area (Å²) >= 11 is 0. The number of esters is 4. The number of rotatable bonds is 38. The van der Waals surface area contributed by atoms with Crippen LogP contribution in [0.2, 0.25) is 0 Å². The number of amides is 6.